The molecular weight excluding hydrogens is 370 g/mol. The van der Waals surface area contributed by atoms with Crippen molar-refractivity contribution in [3.8, 4) is 11.3 Å². The summed E-state index contributed by atoms with van der Waals surface area (Å²) in [6.07, 6.45) is 10.4. The van der Waals surface area contributed by atoms with E-state index >= 15 is 0 Å². The van der Waals surface area contributed by atoms with E-state index in [0.29, 0.717) is 11.3 Å². The number of hydrogen-bond donors (Lipinski definition) is 0. The van der Waals surface area contributed by atoms with Crippen LogP contribution < -0.4 is 4.90 Å². The third-order valence-corrected chi connectivity index (χ3v) is 6.48. The number of benzene rings is 1. The summed E-state index contributed by atoms with van der Waals surface area (Å²) in [7, 11) is 0. The molecule has 1 aliphatic heterocycles. The maximum atomic E-state index is 13.0. The first-order valence-corrected chi connectivity index (χ1v) is 11.3. The highest BCUT2D eigenvalue weighted by molar-refractivity contribution is 6.22. The molecule has 2 unspecified atom stereocenters. The van der Waals surface area contributed by atoms with E-state index in [0.717, 1.165) is 29.5 Å². The van der Waals surface area contributed by atoms with E-state index in [4.69, 9.17) is 4.98 Å². The van der Waals surface area contributed by atoms with Crippen LogP contribution in [-0.2, 0) is 4.79 Å². The summed E-state index contributed by atoms with van der Waals surface area (Å²) in [6, 6.07) is 8.62. The predicted octanol–water partition coefficient (Wildman–Crippen LogP) is 5.79. The molecule has 4 heteroatoms. The van der Waals surface area contributed by atoms with E-state index in [-0.39, 0.29) is 5.78 Å². The molecule has 1 saturated carbocycles. The van der Waals surface area contributed by atoms with Crippen molar-refractivity contribution >= 4 is 17.0 Å². The lowest BCUT2D eigenvalue weighted by molar-refractivity contribution is -0.120. The van der Waals surface area contributed by atoms with Crippen LogP contribution in [0.5, 0.6) is 0 Å². The lowest BCUT2D eigenvalue weighted by Gasteiger charge is -2.21. The summed E-state index contributed by atoms with van der Waals surface area (Å²) in [6.45, 7) is 10.2. The molecule has 4 rings (SSSR count). The Morgan fingerprint density at radius 2 is 1.90 bits per heavy atom. The number of Topliss-reactive ketones (excluding diaryl/α,β-unsaturated/α-hetero) is 1. The molecule has 2 aromatic rings. The van der Waals surface area contributed by atoms with Gasteiger partial charge in [-0.15, -0.1) is 0 Å². The van der Waals surface area contributed by atoms with Gasteiger partial charge < -0.3 is 4.90 Å². The second kappa shape index (κ2) is 8.33. The van der Waals surface area contributed by atoms with Crippen molar-refractivity contribution in [3.05, 3.63) is 48.4 Å². The molecule has 0 bridgehead atoms. The molecule has 1 aromatic heterocycles. The quantitative estimate of drug-likeness (QED) is 0.593. The number of ketones is 1. The van der Waals surface area contributed by atoms with Crippen LogP contribution in [-0.4, -0.2) is 28.8 Å². The predicted molar refractivity (Wildman–Crippen MR) is 123 cm³/mol. The van der Waals surface area contributed by atoms with Crippen molar-refractivity contribution in [2.75, 3.05) is 18.0 Å². The van der Waals surface area contributed by atoms with E-state index in [9.17, 15) is 4.79 Å². The third kappa shape index (κ3) is 4.19. The number of aromatic nitrogens is 2. The Bertz CT molecular complexity index is 945. The van der Waals surface area contributed by atoms with Crippen molar-refractivity contribution in [2.24, 2.45) is 17.3 Å². The summed E-state index contributed by atoms with van der Waals surface area (Å²) in [5.74, 6) is 1.83. The average Bonchev–Trinajstić information content (AvgIpc) is 3.33. The fourth-order valence-corrected chi connectivity index (χ4v) is 4.86. The Kier molecular flexibility index (Phi) is 5.77. The van der Waals surface area contributed by atoms with Gasteiger partial charge >= 0.3 is 0 Å². The summed E-state index contributed by atoms with van der Waals surface area (Å²) >= 11 is 0. The Hall–Kier alpha value is -2.49. The molecule has 1 aliphatic carbocycles. The minimum absolute atomic E-state index is 0.105. The number of anilines is 1. The van der Waals surface area contributed by atoms with Crippen LogP contribution in [0.1, 0.15) is 59.1 Å². The zero-order valence-corrected chi connectivity index (χ0v) is 18.7. The lowest BCUT2D eigenvalue weighted by Crippen LogP contribution is -2.22. The zero-order chi connectivity index (χ0) is 21.3. The third-order valence-electron chi connectivity index (χ3n) is 6.48. The first-order chi connectivity index (χ1) is 14.4. The fraction of sp³-hybridized carbons (Fsp3) is 0.500. The van der Waals surface area contributed by atoms with Gasteiger partial charge in [-0.1, -0.05) is 52.3 Å². The molecule has 30 heavy (non-hydrogen) atoms. The van der Waals surface area contributed by atoms with Crippen molar-refractivity contribution in [3.63, 3.8) is 0 Å². The number of allylic oxidation sites excluding steroid dienone is 2. The fourth-order valence-electron chi connectivity index (χ4n) is 4.86. The first-order valence-electron chi connectivity index (χ1n) is 11.3. The van der Waals surface area contributed by atoms with E-state index in [1.54, 1.807) is 12.4 Å². The maximum Gasteiger partial charge on any atom is 0.170 e. The van der Waals surface area contributed by atoms with Crippen LogP contribution in [0.15, 0.2) is 42.7 Å². The van der Waals surface area contributed by atoms with Gasteiger partial charge in [-0.25, -0.2) is 4.98 Å². The van der Waals surface area contributed by atoms with Gasteiger partial charge in [0.2, 0.25) is 0 Å². The number of fused-ring (bicyclic) bond motifs is 1. The molecular formula is C26H33N3O. The van der Waals surface area contributed by atoms with E-state index in [1.807, 2.05) is 33.8 Å². The molecule has 1 aromatic carbocycles. The van der Waals surface area contributed by atoms with Gasteiger partial charge in [-0.3, -0.25) is 9.78 Å². The summed E-state index contributed by atoms with van der Waals surface area (Å²) in [4.78, 5) is 24.8. The summed E-state index contributed by atoms with van der Waals surface area (Å²) in [5.41, 5.74) is 4.02. The van der Waals surface area contributed by atoms with Crippen LogP contribution in [0.25, 0.3) is 16.8 Å². The van der Waals surface area contributed by atoms with Crippen molar-refractivity contribution < 1.29 is 4.79 Å². The molecule has 1 saturated heterocycles. The van der Waals surface area contributed by atoms with Gasteiger partial charge in [0.15, 0.2) is 5.78 Å². The van der Waals surface area contributed by atoms with Crippen LogP contribution >= 0.6 is 0 Å². The SMILES string of the molecule is CC/C=C(/C(=O)C(C)(C)C)c1cncc(-c2cccc(N3CC4CCCC4C3)c2)n1. The normalized spacial score (nSPS) is 21.7. The van der Waals surface area contributed by atoms with E-state index in [2.05, 4.69) is 34.1 Å². The zero-order valence-electron chi connectivity index (χ0n) is 18.7. The van der Waals surface area contributed by atoms with Gasteiger partial charge in [-0.2, -0.15) is 0 Å². The van der Waals surface area contributed by atoms with Crippen LogP contribution in [0.4, 0.5) is 5.69 Å². The maximum absolute atomic E-state index is 13.0. The molecule has 0 amide bonds. The average molecular weight is 404 g/mol. The Morgan fingerprint density at radius 1 is 1.17 bits per heavy atom. The Balaban J connectivity index is 1.63. The number of carbonyl (C=O) groups is 1. The van der Waals surface area contributed by atoms with Crippen LogP contribution in [0, 0.1) is 17.3 Å². The van der Waals surface area contributed by atoms with Gasteiger partial charge in [0.1, 0.15) is 0 Å². The molecule has 158 valence electrons. The Labute approximate surface area is 180 Å². The number of rotatable bonds is 5. The molecule has 0 spiro atoms. The lowest BCUT2D eigenvalue weighted by atomic mass is 9.85. The number of hydrogen-bond acceptors (Lipinski definition) is 4. The van der Waals surface area contributed by atoms with Crippen molar-refractivity contribution in [1.82, 2.24) is 9.97 Å². The largest absolute Gasteiger partial charge is 0.371 e. The van der Waals surface area contributed by atoms with Gasteiger partial charge in [0.25, 0.3) is 0 Å². The molecule has 0 N–H and O–H groups in total. The highest BCUT2D eigenvalue weighted by Gasteiger charge is 2.36. The van der Waals surface area contributed by atoms with E-state index in [1.165, 1.54) is 38.0 Å². The van der Waals surface area contributed by atoms with Gasteiger partial charge in [0, 0.05) is 35.3 Å². The molecule has 4 nitrogen and oxygen atoms in total. The van der Waals surface area contributed by atoms with Crippen LogP contribution in [0.2, 0.25) is 0 Å². The minimum Gasteiger partial charge on any atom is -0.371 e. The molecule has 2 fully saturated rings. The van der Waals surface area contributed by atoms with Gasteiger partial charge in [-0.05, 0) is 43.2 Å². The van der Waals surface area contributed by atoms with Crippen molar-refractivity contribution in [1.29, 1.82) is 0 Å². The minimum atomic E-state index is -0.452. The monoisotopic (exact) mass is 403 g/mol. The highest BCUT2D eigenvalue weighted by atomic mass is 16.1. The Morgan fingerprint density at radius 3 is 2.57 bits per heavy atom. The molecule has 2 aliphatic rings. The van der Waals surface area contributed by atoms with Crippen LogP contribution in [0.3, 0.4) is 0 Å². The number of carbonyl (C=O) groups excluding carboxylic acids is 1. The van der Waals surface area contributed by atoms with Crippen molar-refractivity contribution in [2.45, 2.75) is 53.4 Å². The molecule has 2 atom stereocenters. The van der Waals surface area contributed by atoms with Gasteiger partial charge in [0.05, 0.1) is 23.8 Å². The second-order valence-corrected chi connectivity index (χ2v) is 9.80. The number of nitrogens with zero attached hydrogens (tertiary/aromatic N) is 3. The topological polar surface area (TPSA) is 46.1 Å². The highest BCUT2D eigenvalue weighted by Crippen LogP contribution is 2.40. The summed E-state index contributed by atoms with van der Waals surface area (Å²) < 4.78 is 0. The van der Waals surface area contributed by atoms with E-state index < -0.39 is 5.41 Å². The second-order valence-electron chi connectivity index (χ2n) is 9.80. The first kappa shape index (κ1) is 20.8. The molecule has 2 heterocycles. The standard InChI is InChI=1S/C26H33N3O/c1-5-8-22(25(30)26(2,3)4)24-15-27-14-23(28-24)18-9-7-12-21(13-18)29-16-19-10-6-11-20(19)17-29/h7-9,12-15,19-20H,5-6,10-11,16-17H2,1-4H3/b22-8+. The summed E-state index contributed by atoms with van der Waals surface area (Å²) in [5, 5.41) is 0. The molecule has 0 radical (unpaired) electrons. The smallest absolute Gasteiger partial charge is 0.170 e.